The lowest BCUT2D eigenvalue weighted by Crippen LogP contribution is -2.14. The summed E-state index contributed by atoms with van der Waals surface area (Å²) in [4.78, 5) is 1.76. The average molecular weight is 313 g/mol. The van der Waals surface area contributed by atoms with Gasteiger partial charge in [-0.3, -0.25) is 4.57 Å². The molecule has 0 heterocycles. The van der Waals surface area contributed by atoms with E-state index in [4.69, 9.17) is 13.8 Å². The minimum Gasteiger partial charge on any atom is -0.497 e. The number of hydrogen-bond donors (Lipinski definition) is 0. The summed E-state index contributed by atoms with van der Waals surface area (Å²) in [6, 6.07) is 7.49. The lowest BCUT2D eigenvalue weighted by molar-refractivity contribution is 0.219. The van der Waals surface area contributed by atoms with E-state index in [2.05, 4.69) is 0 Å². The van der Waals surface area contributed by atoms with Gasteiger partial charge in [-0.1, -0.05) is 12.1 Å². The van der Waals surface area contributed by atoms with Crippen molar-refractivity contribution in [3.05, 3.63) is 35.3 Å². The predicted molar refractivity (Wildman–Crippen MR) is 85.5 cm³/mol. The minimum atomic E-state index is -3.31. The molecule has 0 atom stereocenters. The highest BCUT2D eigenvalue weighted by Crippen LogP contribution is 2.57. The molecule has 6 heteroatoms. The van der Waals surface area contributed by atoms with Crippen LogP contribution in [0.1, 0.15) is 19.4 Å². The predicted octanol–water partition coefficient (Wildman–Crippen LogP) is 3.82. The Bertz CT molecular complexity index is 501. The van der Waals surface area contributed by atoms with Gasteiger partial charge >= 0.3 is 7.60 Å². The van der Waals surface area contributed by atoms with Gasteiger partial charge in [0.05, 0.1) is 20.3 Å². The van der Waals surface area contributed by atoms with Crippen molar-refractivity contribution < 1.29 is 18.3 Å². The number of rotatable bonds is 8. The molecule has 0 aliphatic heterocycles. The van der Waals surface area contributed by atoms with Gasteiger partial charge in [0.15, 0.2) is 0 Å². The number of nitrogens with zero attached hydrogens (tertiary/aromatic N) is 1. The molecule has 0 N–H and O–H groups in total. The van der Waals surface area contributed by atoms with Gasteiger partial charge in [-0.2, -0.15) is 0 Å². The van der Waals surface area contributed by atoms with Crippen LogP contribution in [0.15, 0.2) is 29.7 Å². The largest absolute Gasteiger partial charge is 0.497 e. The third-order valence-corrected chi connectivity index (χ3v) is 5.03. The number of methoxy groups -OCH3 is 1. The first-order valence-corrected chi connectivity index (χ1v) is 8.43. The smallest absolute Gasteiger partial charge is 0.377 e. The van der Waals surface area contributed by atoms with Gasteiger partial charge in [0.1, 0.15) is 11.2 Å². The highest BCUT2D eigenvalue weighted by molar-refractivity contribution is 7.58. The molecule has 1 rings (SSSR count). The third kappa shape index (κ3) is 4.88. The molecule has 118 valence electrons. The molecule has 1 aromatic carbocycles. The van der Waals surface area contributed by atoms with Crippen LogP contribution in [-0.2, 0) is 13.6 Å². The Labute approximate surface area is 127 Å². The molecule has 0 aromatic heterocycles. The Morgan fingerprint density at radius 1 is 1.14 bits per heavy atom. The maximum absolute atomic E-state index is 12.9. The number of ether oxygens (including phenoxy) is 1. The van der Waals surface area contributed by atoms with Crippen LogP contribution in [0.5, 0.6) is 5.75 Å². The lowest BCUT2D eigenvalue weighted by atomic mass is 10.2. The molecule has 0 aliphatic carbocycles. The highest BCUT2D eigenvalue weighted by atomic mass is 31.2. The summed E-state index contributed by atoms with van der Waals surface area (Å²) in [5.41, 5.74) is 1.43. The minimum absolute atomic E-state index is 0.324. The van der Waals surface area contributed by atoms with Gasteiger partial charge in [0, 0.05) is 14.1 Å². The van der Waals surface area contributed by atoms with Gasteiger partial charge in [0.2, 0.25) is 0 Å². The van der Waals surface area contributed by atoms with Crippen molar-refractivity contribution in [1.29, 1.82) is 0 Å². The summed E-state index contributed by atoms with van der Waals surface area (Å²) >= 11 is 0. The average Bonchev–Trinajstić information content (AvgIpc) is 2.45. The van der Waals surface area contributed by atoms with Gasteiger partial charge in [-0.15, -0.1) is 0 Å². The first-order valence-electron chi connectivity index (χ1n) is 6.89. The van der Waals surface area contributed by atoms with Crippen LogP contribution in [0.25, 0.3) is 6.08 Å². The molecule has 0 radical (unpaired) electrons. The van der Waals surface area contributed by atoms with Crippen molar-refractivity contribution in [3.8, 4) is 5.75 Å². The highest BCUT2D eigenvalue weighted by Gasteiger charge is 2.31. The standard InChI is InChI=1S/C15H24NO4P/c1-6-19-21(17,20-7-2)15(16(3)4)12-13-8-10-14(18-5)11-9-13/h8-12H,6-7H2,1-5H3/b15-12+. The van der Waals surface area contributed by atoms with Gasteiger partial charge in [0.25, 0.3) is 0 Å². The van der Waals surface area contributed by atoms with E-state index < -0.39 is 7.60 Å². The zero-order valence-electron chi connectivity index (χ0n) is 13.3. The molecule has 0 saturated heterocycles. The van der Waals surface area contributed by atoms with Crippen molar-refractivity contribution >= 4 is 13.7 Å². The normalized spacial score (nSPS) is 12.3. The van der Waals surface area contributed by atoms with Crippen LogP contribution in [0.3, 0.4) is 0 Å². The SMILES string of the molecule is CCOP(=O)(OCC)/C(=C/c1ccc(OC)cc1)N(C)C. The van der Waals surface area contributed by atoms with E-state index in [0.717, 1.165) is 11.3 Å². The van der Waals surface area contributed by atoms with Crippen LogP contribution in [0, 0.1) is 0 Å². The zero-order chi connectivity index (χ0) is 15.9. The fourth-order valence-corrected chi connectivity index (χ4v) is 3.63. The molecule has 0 aliphatic rings. The van der Waals surface area contributed by atoms with Crippen LogP contribution in [0.2, 0.25) is 0 Å². The Morgan fingerprint density at radius 3 is 2.05 bits per heavy atom. The van der Waals surface area contributed by atoms with E-state index in [1.807, 2.05) is 44.4 Å². The molecule has 0 spiro atoms. The summed E-state index contributed by atoms with van der Waals surface area (Å²) in [5.74, 6) is 0.774. The Kier molecular flexibility index (Phi) is 6.96. The fourth-order valence-electron chi connectivity index (χ4n) is 1.81. The Morgan fingerprint density at radius 2 is 1.67 bits per heavy atom. The van der Waals surface area contributed by atoms with Crippen molar-refractivity contribution in [1.82, 2.24) is 4.90 Å². The topological polar surface area (TPSA) is 48.0 Å². The van der Waals surface area contributed by atoms with E-state index in [1.54, 1.807) is 25.9 Å². The molecule has 1 aromatic rings. The summed E-state index contributed by atoms with van der Waals surface area (Å²) < 4.78 is 28.9. The molecular weight excluding hydrogens is 289 g/mol. The first kappa shape index (κ1) is 17.8. The van der Waals surface area contributed by atoms with Crippen molar-refractivity contribution in [3.63, 3.8) is 0 Å². The zero-order valence-corrected chi connectivity index (χ0v) is 14.2. The van der Waals surface area contributed by atoms with Crippen LogP contribution < -0.4 is 4.74 Å². The van der Waals surface area contributed by atoms with Crippen molar-refractivity contribution in [2.75, 3.05) is 34.4 Å². The second-order valence-corrected chi connectivity index (χ2v) is 6.47. The van der Waals surface area contributed by atoms with Crippen LogP contribution in [-0.4, -0.2) is 39.3 Å². The molecule has 0 saturated carbocycles. The van der Waals surface area contributed by atoms with Gasteiger partial charge in [-0.25, -0.2) is 0 Å². The van der Waals surface area contributed by atoms with E-state index in [1.165, 1.54) is 0 Å². The summed E-state index contributed by atoms with van der Waals surface area (Å²) in [6.07, 6.45) is 1.81. The summed E-state index contributed by atoms with van der Waals surface area (Å²) in [7, 11) is 1.94. The molecule has 5 nitrogen and oxygen atoms in total. The summed E-state index contributed by atoms with van der Waals surface area (Å²) in [6.45, 7) is 4.24. The second kappa shape index (κ2) is 8.23. The molecule has 0 amide bonds. The molecule has 21 heavy (non-hydrogen) atoms. The monoisotopic (exact) mass is 313 g/mol. The quantitative estimate of drug-likeness (QED) is 0.683. The van der Waals surface area contributed by atoms with Crippen molar-refractivity contribution in [2.24, 2.45) is 0 Å². The fraction of sp³-hybridized carbons (Fsp3) is 0.467. The lowest BCUT2D eigenvalue weighted by Gasteiger charge is -2.25. The molecular formula is C15H24NO4P. The molecule has 0 unspecified atom stereocenters. The Balaban J connectivity index is 3.19. The third-order valence-electron chi connectivity index (χ3n) is 2.75. The van der Waals surface area contributed by atoms with E-state index in [-0.39, 0.29) is 0 Å². The van der Waals surface area contributed by atoms with E-state index >= 15 is 0 Å². The van der Waals surface area contributed by atoms with E-state index in [9.17, 15) is 4.57 Å². The molecule has 0 fully saturated rings. The summed E-state index contributed by atoms with van der Waals surface area (Å²) in [5, 5.41) is 0. The Hall–Kier alpha value is -1.29. The van der Waals surface area contributed by atoms with Crippen molar-refractivity contribution in [2.45, 2.75) is 13.8 Å². The second-order valence-electron chi connectivity index (χ2n) is 4.50. The van der Waals surface area contributed by atoms with Crippen LogP contribution in [0.4, 0.5) is 0 Å². The van der Waals surface area contributed by atoms with Gasteiger partial charge < -0.3 is 18.7 Å². The first-order chi connectivity index (χ1) is 9.96. The maximum Gasteiger partial charge on any atom is 0.377 e. The van der Waals surface area contributed by atoms with E-state index in [0.29, 0.717) is 18.7 Å². The maximum atomic E-state index is 12.9. The van der Waals surface area contributed by atoms with Gasteiger partial charge in [-0.05, 0) is 37.6 Å². The van der Waals surface area contributed by atoms with Crippen LogP contribution >= 0.6 is 7.60 Å². The number of benzene rings is 1. The number of hydrogen-bond acceptors (Lipinski definition) is 5. The molecule has 0 bridgehead atoms.